The molecule has 4 rings (SSSR count). The van der Waals surface area contributed by atoms with E-state index >= 15 is 0 Å². The molecular weight excluding hydrogens is 426 g/mol. The fourth-order valence-electron chi connectivity index (χ4n) is 4.80. The van der Waals surface area contributed by atoms with Crippen LogP contribution in [0.15, 0.2) is 54.6 Å². The second-order valence-electron chi connectivity index (χ2n) is 9.25. The molecule has 1 heterocycles. The molecule has 0 radical (unpaired) electrons. The van der Waals surface area contributed by atoms with Crippen molar-refractivity contribution in [2.45, 2.75) is 39.5 Å². The van der Waals surface area contributed by atoms with E-state index in [9.17, 15) is 15.0 Å². The van der Waals surface area contributed by atoms with Gasteiger partial charge in [-0.3, -0.25) is 0 Å². The summed E-state index contributed by atoms with van der Waals surface area (Å²) in [7, 11) is 0. The van der Waals surface area contributed by atoms with E-state index in [1.165, 1.54) is 29.7 Å². The third kappa shape index (κ3) is 4.95. The molecule has 3 aromatic rings. The molecule has 0 amide bonds. The number of aryl methyl sites for hydroxylation is 1. The van der Waals surface area contributed by atoms with Crippen molar-refractivity contribution in [3.63, 3.8) is 0 Å². The Morgan fingerprint density at radius 1 is 0.971 bits per heavy atom. The fourth-order valence-corrected chi connectivity index (χ4v) is 4.80. The lowest BCUT2D eigenvalue weighted by Gasteiger charge is -2.27. The van der Waals surface area contributed by atoms with Crippen LogP contribution in [0.2, 0.25) is 0 Å². The van der Waals surface area contributed by atoms with Crippen LogP contribution in [0, 0.1) is 6.92 Å². The lowest BCUT2D eigenvalue weighted by atomic mass is 9.90. The lowest BCUT2D eigenvalue weighted by Crippen LogP contribution is -2.21. The zero-order valence-corrected chi connectivity index (χ0v) is 20.2. The van der Waals surface area contributed by atoms with Crippen molar-refractivity contribution in [2.75, 3.05) is 31.2 Å². The van der Waals surface area contributed by atoms with Crippen molar-refractivity contribution in [3.05, 3.63) is 71.3 Å². The highest BCUT2D eigenvalue weighted by molar-refractivity contribution is 5.88. The monoisotopic (exact) mass is 459 g/mol. The van der Waals surface area contributed by atoms with Gasteiger partial charge in [0.2, 0.25) is 0 Å². The maximum atomic E-state index is 11.2. The number of carboxylic acids is 1. The van der Waals surface area contributed by atoms with E-state index in [-0.39, 0.29) is 18.8 Å². The molecule has 1 fully saturated rings. The first-order valence-corrected chi connectivity index (χ1v) is 12.0. The third-order valence-electron chi connectivity index (χ3n) is 6.48. The van der Waals surface area contributed by atoms with E-state index < -0.39 is 5.97 Å². The molecule has 5 heteroatoms. The van der Waals surface area contributed by atoms with Gasteiger partial charge in [-0.1, -0.05) is 32.0 Å². The van der Waals surface area contributed by atoms with Gasteiger partial charge in [0.25, 0.3) is 0 Å². The molecule has 2 N–H and O–H groups in total. The first kappa shape index (κ1) is 23.8. The number of nitrogens with zero attached hydrogens (tertiary/aromatic N) is 1. The van der Waals surface area contributed by atoms with E-state index in [0.29, 0.717) is 5.92 Å². The van der Waals surface area contributed by atoms with Gasteiger partial charge in [0.1, 0.15) is 12.4 Å². The Hall–Kier alpha value is -3.31. The Kier molecular flexibility index (Phi) is 7.23. The second kappa shape index (κ2) is 10.3. The van der Waals surface area contributed by atoms with Crippen molar-refractivity contribution < 1.29 is 19.7 Å². The van der Waals surface area contributed by atoms with E-state index in [1.807, 2.05) is 24.3 Å². The Morgan fingerprint density at radius 2 is 1.65 bits per heavy atom. The number of hydrogen-bond donors (Lipinski definition) is 2. The molecule has 0 aliphatic carbocycles. The summed E-state index contributed by atoms with van der Waals surface area (Å²) in [6.45, 7) is 9.04. The van der Waals surface area contributed by atoms with Crippen molar-refractivity contribution in [2.24, 2.45) is 0 Å². The van der Waals surface area contributed by atoms with Crippen LogP contribution < -0.4 is 9.64 Å². The summed E-state index contributed by atoms with van der Waals surface area (Å²) in [5, 5.41) is 18.5. The summed E-state index contributed by atoms with van der Waals surface area (Å²) in [6.07, 6.45) is 2.47. The Morgan fingerprint density at radius 3 is 2.26 bits per heavy atom. The van der Waals surface area contributed by atoms with Gasteiger partial charge in [0.15, 0.2) is 0 Å². The summed E-state index contributed by atoms with van der Waals surface area (Å²) in [6, 6.07) is 17.4. The number of benzene rings is 3. The fraction of sp³-hybridized carbons (Fsp3) is 0.345. The first-order valence-electron chi connectivity index (χ1n) is 12.0. The van der Waals surface area contributed by atoms with E-state index in [0.717, 1.165) is 41.1 Å². The first-order chi connectivity index (χ1) is 16.4. The Labute approximate surface area is 201 Å². The summed E-state index contributed by atoms with van der Waals surface area (Å²) in [4.78, 5) is 13.7. The smallest absolute Gasteiger partial charge is 0.335 e. The summed E-state index contributed by atoms with van der Waals surface area (Å²) < 4.78 is 5.91. The number of ether oxygens (including phenoxy) is 1. The summed E-state index contributed by atoms with van der Waals surface area (Å²) >= 11 is 0. The molecular formula is C29H33NO4. The van der Waals surface area contributed by atoms with Gasteiger partial charge in [0, 0.05) is 24.3 Å². The Balaban J connectivity index is 1.82. The molecule has 0 spiro atoms. The summed E-state index contributed by atoms with van der Waals surface area (Å²) in [5.74, 6) is 0.167. The van der Waals surface area contributed by atoms with Gasteiger partial charge < -0.3 is 19.8 Å². The van der Waals surface area contributed by atoms with Gasteiger partial charge in [-0.25, -0.2) is 4.79 Å². The molecule has 0 atom stereocenters. The quantitative estimate of drug-likeness (QED) is 0.425. The predicted octanol–water partition coefficient (Wildman–Crippen LogP) is 6.12. The number of anilines is 1. The van der Waals surface area contributed by atoms with Crippen molar-refractivity contribution >= 4 is 11.7 Å². The minimum absolute atomic E-state index is 0.0536. The van der Waals surface area contributed by atoms with Crippen LogP contribution in [-0.4, -0.2) is 42.5 Å². The minimum atomic E-state index is -0.935. The van der Waals surface area contributed by atoms with Crippen molar-refractivity contribution in [3.8, 4) is 28.0 Å². The molecule has 1 aliphatic rings. The zero-order chi connectivity index (χ0) is 24.2. The van der Waals surface area contributed by atoms with Crippen LogP contribution >= 0.6 is 0 Å². The summed E-state index contributed by atoms with van der Waals surface area (Å²) in [5.41, 5.74) is 8.18. The van der Waals surface area contributed by atoms with Crippen LogP contribution in [0.3, 0.4) is 0 Å². The normalized spacial score (nSPS) is 13.5. The van der Waals surface area contributed by atoms with Crippen molar-refractivity contribution in [1.82, 2.24) is 0 Å². The van der Waals surface area contributed by atoms with Gasteiger partial charge in [-0.05, 0) is 89.9 Å². The number of carboxylic acid groups (broad SMARTS) is 1. The molecule has 1 aliphatic heterocycles. The number of rotatable bonds is 8. The molecule has 178 valence electrons. The number of hydrogen-bond acceptors (Lipinski definition) is 4. The molecule has 0 saturated carbocycles. The van der Waals surface area contributed by atoms with Crippen molar-refractivity contribution in [1.29, 1.82) is 0 Å². The van der Waals surface area contributed by atoms with E-state index in [4.69, 9.17) is 4.74 Å². The number of aliphatic hydroxyl groups excluding tert-OH is 1. The second-order valence-corrected chi connectivity index (χ2v) is 9.25. The molecule has 0 aromatic heterocycles. The van der Waals surface area contributed by atoms with Gasteiger partial charge >= 0.3 is 5.97 Å². The maximum absolute atomic E-state index is 11.2. The minimum Gasteiger partial charge on any atom is -0.491 e. The van der Waals surface area contributed by atoms with Gasteiger partial charge in [-0.15, -0.1) is 0 Å². The molecule has 3 aromatic carbocycles. The van der Waals surface area contributed by atoms with Crippen LogP contribution in [0.1, 0.15) is 54.1 Å². The number of aromatic carboxylic acids is 1. The Bertz CT molecular complexity index is 1160. The molecule has 1 saturated heterocycles. The van der Waals surface area contributed by atoms with Crippen LogP contribution in [0.25, 0.3) is 22.3 Å². The number of carbonyl (C=O) groups is 1. The van der Waals surface area contributed by atoms with Crippen LogP contribution in [0.4, 0.5) is 5.69 Å². The third-order valence-corrected chi connectivity index (χ3v) is 6.48. The highest BCUT2D eigenvalue weighted by Gasteiger charge is 2.21. The maximum Gasteiger partial charge on any atom is 0.335 e. The molecule has 5 nitrogen and oxygen atoms in total. The predicted molar refractivity (Wildman–Crippen MR) is 137 cm³/mol. The molecule has 0 unspecified atom stereocenters. The molecule has 0 bridgehead atoms. The largest absolute Gasteiger partial charge is 0.491 e. The SMILES string of the molecule is Cc1cc(-c2cc(-c3ccc(C(=O)O)cc3)ccc2OCCO)cc(C(C)C)c1N1CCCC1. The zero-order valence-electron chi connectivity index (χ0n) is 20.2. The lowest BCUT2D eigenvalue weighted by molar-refractivity contribution is 0.0697. The number of aliphatic hydroxyl groups is 1. The highest BCUT2D eigenvalue weighted by atomic mass is 16.5. The average Bonchev–Trinajstić information content (AvgIpc) is 3.36. The topological polar surface area (TPSA) is 70.0 Å². The van der Waals surface area contributed by atoms with E-state index in [2.05, 4.69) is 43.9 Å². The molecule has 34 heavy (non-hydrogen) atoms. The van der Waals surface area contributed by atoms with Crippen LogP contribution in [-0.2, 0) is 0 Å². The van der Waals surface area contributed by atoms with Crippen LogP contribution in [0.5, 0.6) is 5.75 Å². The standard InChI is InChI=1S/C29H33NO4/c1-19(2)25-18-24(16-20(3)28(25)30-12-4-5-13-30)26-17-23(10-11-27(26)34-15-14-31)21-6-8-22(9-7-21)29(32)33/h6-11,16-19,31H,4-5,12-15H2,1-3H3,(H,32,33). The van der Waals surface area contributed by atoms with Gasteiger partial charge in [-0.2, -0.15) is 0 Å². The highest BCUT2D eigenvalue weighted by Crippen LogP contribution is 2.41. The van der Waals surface area contributed by atoms with E-state index in [1.54, 1.807) is 12.1 Å². The average molecular weight is 460 g/mol. The van der Waals surface area contributed by atoms with Gasteiger partial charge in [0.05, 0.1) is 12.2 Å².